The first-order chi connectivity index (χ1) is 14.4. The number of benzene rings is 3. The number of anilines is 1. The van der Waals surface area contributed by atoms with Crippen LogP contribution in [0.25, 0.3) is 17.2 Å². The van der Waals surface area contributed by atoms with Crippen molar-refractivity contribution < 1.29 is 0 Å². The molecule has 0 aliphatic heterocycles. The van der Waals surface area contributed by atoms with Crippen molar-refractivity contribution in [3.63, 3.8) is 0 Å². The first-order valence-electron chi connectivity index (χ1n) is 10.00. The highest BCUT2D eigenvalue weighted by molar-refractivity contribution is 6.36. The van der Waals surface area contributed by atoms with E-state index in [1.165, 1.54) is 11.8 Å². The van der Waals surface area contributed by atoms with Crippen LogP contribution in [-0.4, -0.2) is 6.21 Å². The van der Waals surface area contributed by atoms with Gasteiger partial charge in [0.25, 0.3) is 0 Å². The maximum absolute atomic E-state index is 7.94. The van der Waals surface area contributed by atoms with Crippen LogP contribution in [0.3, 0.4) is 0 Å². The lowest BCUT2D eigenvalue weighted by Gasteiger charge is -2.24. The van der Waals surface area contributed by atoms with Crippen molar-refractivity contribution in [1.29, 1.82) is 5.41 Å². The molecule has 0 aromatic heterocycles. The normalized spacial score (nSPS) is 11.9. The van der Waals surface area contributed by atoms with Crippen molar-refractivity contribution in [3.05, 3.63) is 94.0 Å². The van der Waals surface area contributed by atoms with Crippen LogP contribution in [-0.2, 0) is 0 Å². The summed E-state index contributed by atoms with van der Waals surface area (Å²) < 4.78 is 0. The fourth-order valence-corrected chi connectivity index (χ4v) is 4.02. The van der Waals surface area contributed by atoms with E-state index in [0.29, 0.717) is 16.0 Å². The standard InChI is InChI=1S/C26H26Cl2N2/c1-4-18-5-7-19(8-6-18)26(13-17(2)3)30-25-12-9-20(14-21(25)16-29)23-11-10-22(27)15-24(23)28/h4-12,14-17,26,29-30H,1,13H2,2-3H3. The van der Waals surface area contributed by atoms with Crippen molar-refractivity contribution in [1.82, 2.24) is 0 Å². The number of halogens is 2. The second kappa shape index (κ2) is 9.97. The van der Waals surface area contributed by atoms with E-state index in [0.717, 1.165) is 34.4 Å². The fraction of sp³-hybridized carbons (Fsp3) is 0.192. The topological polar surface area (TPSA) is 35.9 Å². The molecule has 0 heterocycles. The van der Waals surface area contributed by atoms with Crippen molar-refractivity contribution in [3.8, 4) is 11.1 Å². The van der Waals surface area contributed by atoms with E-state index in [2.05, 4.69) is 50.0 Å². The molecule has 2 N–H and O–H groups in total. The molecule has 0 spiro atoms. The Bertz CT molecular complexity index is 1040. The van der Waals surface area contributed by atoms with Gasteiger partial charge < -0.3 is 10.7 Å². The van der Waals surface area contributed by atoms with Crippen molar-refractivity contribution in [2.24, 2.45) is 5.92 Å². The minimum Gasteiger partial charge on any atom is -0.378 e. The Kier molecular flexibility index (Phi) is 7.36. The van der Waals surface area contributed by atoms with Gasteiger partial charge in [-0.05, 0) is 53.3 Å². The largest absolute Gasteiger partial charge is 0.378 e. The molecule has 154 valence electrons. The van der Waals surface area contributed by atoms with Gasteiger partial charge in [-0.25, -0.2) is 0 Å². The Morgan fingerprint density at radius 1 is 1.00 bits per heavy atom. The summed E-state index contributed by atoms with van der Waals surface area (Å²) in [5.41, 5.74) is 5.92. The van der Waals surface area contributed by atoms with Crippen LogP contribution in [0.5, 0.6) is 0 Å². The molecule has 2 nitrogen and oxygen atoms in total. The van der Waals surface area contributed by atoms with Crippen LogP contribution in [0.15, 0.2) is 67.2 Å². The van der Waals surface area contributed by atoms with Crippen molar-refractivity contribution in [2.45, 2.75) is 26.3 Å². The van der Waals surface area contributed by atoms with Crippen LogP contribution < -0.4 is 5.32 Å². The number of hydrogen-bond donors (Lipinski definition) is 2. The van der Waals surface area contributed by atoms with Gasteiger partial charge in [-0.15, -0.1) is 0 Å². The zero-order chi connectivity index (χ0) is 21.7. The molecule has 0 radical (unpaired) electrons. The summed E-state index contributed by atoms with van der Waals surface area (Å²) in [6.45, 7) is 8.27. The highest BCUT2D eigenvalue weighted by atomic mass is 35.5. The third-order valence-corrected chi connectivity index (χ3v) is 5.61. The van der Waals surface area contributed by atoms with Gasteiger partial charge in [0.05, 0.1) is 6.04 Å². The second-order valence-corrected chi connectivity index (χ2v) is 8.61. The fourth-order valence-electron chi connectivity index (χ4n) is 3.51. The summed E-state index contributed by atoms with van der Waals surface area (Å²) in [6, 6.07) is 20.1. The minimum atomic E-state index is 0.146. The molecular formula is C26H26Cl2N2. The highest BCUT2D eigenvalue weighted by Crippen LogP contribution is 2.34. The Hall–Kier alpha value is -2.55. The third kappa shape index (κ3) is 5.33. The lowest BCUT2D eigenvalue weighted by molar-refractivity contribution is 0.531. The Morgan fingerprint density at radius 3 is 2.33 bits per heavy atom. The summed E-state index contributed by atoms with van der Waals surface area (Å²) in [5, 5.41) is 12.8. The number of nitrogens with one attached hydrogen (secondary N) is 2. The van der Waals surface area contributed by atoms with Gasteiger partial charge in [-0.3, -0.25) is 0 Å². The van der Waals surface area contributed by atoms with Crippen LogP contribution in [0.1, 0.15) is 43.0 Å². The Morgan fingerprint density at radius 2 is 1.73 bits per heavy atom. The molecule has 3 rings (SSSR count). The minimum absolute atomic E-state index is 0.146. The molecular weight excluding hydrogens is 411 g/mol. The molecule has 4 heteroatoms. The molecule has 0 saturated carbocycles. The van der Waals surface area contributed by atoms with E-state index < -0.39 is 0 Å². The summed E-state index contributed by atoms with van der Waals surface area (Å²) in [4.78, 5) is 0. The van der Waals surface area contributed by atoms with Crippen LogP contribution in [0.2, 0.25) is 10.0 Å². The summed E-state index contributed by atoms with van der Waals surface area (Å²) in [5.74, 6) is 0.525. The summed E-state index contributed by atoms with van der Waals surface area (Å²) >= 11 is 12.4. The zero-order valence-electron chi connectivity index (χ0n) is 17.3. The van der Waals surface area contributed by atoms with E-state index in [1.54, 1.807) is 6.07 Å². The van der Waals surface area contributed by atoms with E-state index in [-0.39, 0.29) is 6.04 Å². The van der Waals surface area contributed by atoms with E-state index in [4.69, 9.17) is 28.6 Å². The number of rotatable bonds is 8. The van der Waals surface area contributed by atoms with Gasteiger partial charge in [-0.2, -0.15) is 0 Å². The summed E-state index contributed by atoms with van der Waals surface area (Å²) in [7, 11) is 0. The predicted octanol–water partition coefficient (Wildman–Crippen LogP) is 8.50. The van der Waals surface area contributed by atoms with Crippen LogP contribution in [0, 0.1) is 11.3 Å². The number of hydrogen-bond acceptors (Lipinski definition) is 2. The maximum Gasteiger partial charge on any atom is 0.0516 e. The molecule has 0 saturated heterocycles. The third-order valence-electron chi connectivity index (χ3n) is 5.06. The smallest absolute Gasteiger partial charge is 0.0516 e. The zero-order valence-corrected chi connectivity index (χ0v) is 18.8. The molecule has 0 aliphatic rings. The predicted molar refractivity (Wildman–Crippen MR) is 132 cm³/mol. The first-order valence-corrected chi connectivity index (χ1v) is 10.8. The Balaban J connectivity index is 1.93. The van der Waals surface area contributed by atoms with Crippen molar-refractivity contribution in [2.75, 3.05) is 5.32 Å². The molecule has 0 amide bonds. The molecule has 0 aliphatic carbocycles. The van der Waals surface area contributed by atoms with Gasteiger partial charge in [0.15, 0.2) is 0 Å². The van der Waals surface area contributed by atoms with Crippen LogP contribution >= 0.6 is 23.2 Å². The summed E-state index contributed by atoms with van der Waals surface area (Å²) in [6.07, 6.45) is 4.21. The molecule has 0 bridgehead atoms. The van der Waals surface area contributed by atoms with Crippen molar-refractivity contribution >= 4 is 41.2 Å². The lowest BCUT2D eigenvalue weighted by atomic mass is 9.95. The molecule has 0 fully saturated rings. The molecule has 30 heavy (non-hydrogen) atoms. The molecule has 3 aromatic rings. The second-order valence-electron chi connectivity index (χ2n) is 7.77. The van der Waals surface area contributed by atoms with Gasteiger partial charge in [0.2, 0.25) is 0 Å². The van der Waals surface area contributed by atoms with E-state index in [9.17, 15) is 0 Å². The van der Waals surface area contributed by atoms with Gasteiger partial charge in [-0.1, -0.05) is 86.1 Å². The maximum atomic E-state index is 7.94. The SMILES string of the molecule is C=Cc1ccc(C(CC(C)C)Nc2ccc(-c3ccc(Cl)cc3Cl)cc2C=N)cc1. The molecule has 1 unspecified atom stereocenters. The van der Waals surface area contributed by atoms with Crippen LogP contribution in [0.4, 0.5) is 5.69 Å². The molecule has 3 aromatic carbocycles. The Labute approximate surface area is 189 Å². The van der Waals surface area contributed by atoms with E-state index >= 15 is 0 Å². The van der Waals surface area contributed by atoms with Gasteiger partial charge in [0.1, 0.15) is 0 Å². The quantitative estimate of drug-likeness (QED) is 0.341. The highest BCUT2D eigenvalue weighted by Gasteiger charge is 2.16. The van der Waals surface area contributed by atoms with Gasteiger partial charge >= 0.3 is 0 Å². The average Bonchev–Trinajstić information content (AvgIpc) is 2.73. The monoisotopic (exact) mass is 436 g/mol. The average molecular weight is 437 g/mol. The van der Waals surface area contributed by atoms with E-state index in [1.807, 2.05) is 36.4 Å². The van der Waals surface area contributed by atoms with Gasteiger partial charge in [0, 0.05) is 33.1 Å². The first kappa shape index (κ1) is 22.1. The lowest BCUT2D eigenvalue weighted by Crippen LogP contribution is -2.14. The molecule has 1 atom stereocenters.